The van der Waals surface area contributed by atoms with Crippen LogP contribution in [0.3, 0.4) is 0 Å². The van der Waals surface area contributed by atoms with Gasteiger partial charge in [-0.15, -0.1) is 29.5 Å². The summed E-state index contributed by atoms with van der Waals surface area (Å²) in [5.74, 6) is 3.51. The van der Waals surface area contributed by atoms with E-state index in [4.69, 9.17) is 6.42 Å². The number of benzene rings is 1. The maximum Gasteiger partial charge on any atom is 1.00 e. The van der Waals surface area contributed by atoms with E-state index in [-0.39, 0.29) is 18.9 Å². The Bertz CT molecular complexity index is 271. The molecule has 0 saturated carbocycles. The Morgan fingerprint density at radius 3 is 2.38 bits per heavy atom. The summed E-state index contributed by atoms with van der Waals surface area (Å²) >= 11 is 1.85. The molecule has 0 spiro atoms. The van der Waals surface area contributed by atoms with Crippen molar-refractivity contribution in [2.45, 2.75) is 18.2 Å². The third kappa shape index (κ3) is 4.49. The van der Waals surface area contributed by atoms with Gasteiger partial charge in [0.1, 0.15) is 0 Å². The zero-order chi connectivity index (χ0) is 8.81. The van der Waals surface area contributed by atoms with Crippen LogP contribution in [0, 0.1) is 12.3 Å². The molecule has 62 valence electrons. The van der Waals surface area contributed by atoms with Crippen molar-refractivity contribution in [3.8, 4) is 5.92 Å². The Morgan fingerprint density at radius 2 is 1.92 bits per heavy atom. The largest absolute Gasteiger partial charge is 1.00 e. The summed E-state index contributed by atoms with van der Waals surface area (Å²) in [6.07, 6.45) is 8.09. The first-order valence-electron chi connectivity index (χ1n) is 4.02. The van der Waals surface area contributed by atoms with Gasteiger partial charge in [-0.1, -0.05) is 19.1 Å². The molecular formula is C11H11LiS. The van der Waals surface area contributed by atoms with Gasteiger partial charge < -0.3 is 6.42 Å². The maximum atomic E-state index is 6.90. The van der Waals surface area contributed by atoms with Crippen molar-refractivity contribution < 1.29 is 18.9 Å². The first kappa shape index (κ1) is 12.7. The molecule has 0 aliphatic rings. The predicted molar refractivity (Wildman–Crippen MR) is 53.7 cm³/mol. The van der Waals surface area contributed by atoms with Crippen LogP contribution in [0.15, 0.2) is 29.2 Å². The number of hydrogen-bond acceptors (Lipinski definition) is 1. The van der Waals surface area contributed by atoms with E-state index in [1.807, 2.05) is 36.0 Å². The van der Waals surface area contributed by atoms with Crippen LogP contribution >= 0.6 is 11.8 Å². The van der Waals surface area contributed by atoms with Crippen molar-refractivity contribution in [2.75, 3.05) is 5.75 Å². The average molecular weight is 182 g/mol. The second kappa shape index (κ2) is 7.16. The first-order valence-corrected chi connectivity index (χ1v) is 5.01. The van der Waals surface area contributed by atoms with Crippen LogP contribution in [0.2, 0.25) is 0 Å². The van der Waals surface area contributed by atoms with E-state index >= 15 is 0 Å². The molecule has 0 fully saturated rings. The minimum Gasteiger partial charge on any atom is -0.366 e. The summed E-state index contributed by atoms with van der Waals surface area (Å²) < 4.78 is 0. The van der Waals surface area contributed by atoms with Crippen LogP contribution in [0.25, 0.3) is 0 Å². The van der Waals surface area contributed by atoms with Crippen molar-refractivity contribution in [2.24, 2.45) is 0 Å². The summed E-state index contributed by atoms with van der Waals surface area (Å²) in [6.45, 7) is 2.17. The molecule has 1 aromatic carbocycles. The molecule has 1 rings (SSSR count). The van der Waals surface area contributed by atoms with Crippen LogP contribution in [0.5, 0.6) is 0 Å². The van der Waals surface area contributed by atoms with Gasteiger partial charge >= 0.3 is 18.9 Å². The Labute approximate surface area is 96.7 Å². The minimum absolute atomic E-state index is 0. The molecule has 0 saturated heterocycles. The summed E-state index contributed by atoms with van der Waals surface area (Å²) in [7, 11) is 0. The normalized spacial score (nSPS) is 8.62. The minimum atomic E-state index is 0. The Hall–Kier alpha value is -0.273. The SMILES string of the molecule is [C-]#Cc1ccc(SCCC)cc1.[Li+]. The van der Waals surface area contributed by atoms with Crippen LogP contribution in [0.1, 0.15) is 18.9 Å². The van der Waals surface area contributed by atoms with Crippen molar-refractivity contribution in [1.29, 1.82) is 0 Å². The van der Waals surface area contributed by atoms with E-state index in [2.05, 4.69) is 12.8 Å². The van der Waals surface area contributed by atoms with Crippen LogP contribution in [-0.4, -0.2) is 5.75 Å². The molecule has 0 N–H and O–H groups in total. The van der Waals surface area contributed by atoms with Gasteiger partial charge in [0.25, 0.3) is 0 Å². The zero-order valence-corrected chi connectivity index (χ0v) is 8.95. The Kier molecular flexibility index (Phi) is 7.01. The van der Waals surface area contributed by atoms with Gasteiger partial charge in [-0.05, 0) is 12.2 Å². The fourth-order valence-corrected chi connectivity index (χ4v) is 1.62. The van der Waals surface area contributed by atoms with E-state index in [0.29, 0.717) is 0 Å². The predicted octanol–water partition coefficient (Wildman–Crippen LogP) is 0.131. The molecule has 0 aromatic heterocycles. The van der Waals surface area contributed by atoms with E-state index in [9.17, 15) is 0 Å². The molecule has 0 amide bonds. The van der Waals surface area contributed by atoms with Gasteiger partial charge in [-0.3, -0.25) is 5.92 Å². The van der Waals surface area contributed by atoms with Gasteiger partial charge in [-0.25, -0.2) is 0 Å². The molecule has 0 unspecified atom stereocenters. The monoisotopic (exact) mass is 182 g/mol. The van der Waals surface area contributed by atoms with Crippen molar-refractivity contribution in [1.82, 2.24) is 0 Å². The summed E-state index contributed by atoms with van der Waals surface area (Å²) in [4.78, 5) is 1.27. The fourth-order valence-electron chi connectivity index (χ4n) is 0.854. The van der Waals surface area contributed by atoms with Gasteiger partial charge in [0.2, 0.25) is 0 Å². The second-order valence-corrected chi connectivity index (χ2v) is 3.67. The van der Waals surface area contributed by atoms with Crippen molar-refractivity contribution in [3.05, 3.63) is 36.3 Å². The van der Waals surface area contributed by atoms with E-state index in [0.717, 1.165) is 11.3 Å². The van der Waals surface area contributed by atoms with Crippen LogP contribution in [0.4, 0.5) is 0 Å². The molecule has 13 heavy (non-hydrogen) atoms. The number of rotatable bonds is 3. The van der Waals surface area contributed by atoms with Gasteiger partial charge in [-0.2, -0.15) is 0 Å². The summed E-state index contributed by atoms with van der Waals surface area (Å²) in [5, 5.41) is 0. The topological polar surface area (TPSA) is 0 Å². The van der Waals surface area contributed by atoms with Crippen LogP contribution in [-0.2, 0) is 0 Å². The third-order valence-corrected chi connectivity index (χ3v) is 2.69. The standard InChI is InChI=1S/C11H11S.Li/c1-3-9-12-11-7-5-10(4-2)6-8-11;/h5-8H,3,9H2,1H3;/q-1;+1. The second-order valence-electron chi connectivity index (χ2n) is 2.50. The van der Waals surface area contributed by atoms with E-state index in [1.54, 1.807) is 0 Å². The van der Waals surface area contributed by atoms with E-state index < -0.39 is 0 Å². The Balaban J connectivity index is 0.00000144. The quantitative estimate of drug-likeness (QED) is 0.277. The van der Waals surface area contributed by atoms with E-state index in [1.165, 1.54) is 11.3 Å². The summed E-state index contributed by atoms with van der Waals surface area (Å²) in [5.41, 5.74) is 0.843. The fraction of sp³-hybridized carbons (Fsp3) is 0.273. The zero-order valence-electron chi connectivity index (χ0n) is 8.13. The maximum absolute atomic E-state index is 6.90. The van der Waals surface area contributed by atoms with Gasteiger partial charge in [0.05, 0.1) is 0 Å². The summed E-state index contributed by atoms with van der Waals surface area (Å²) in [6, 6.07) is 7.92. The molecule has 0 heterocycles. The number of thioether (sulfide) groups is 1. The molecule has 0 atom stereocenters. The Morgan fingerprint density at radius 1 is 1.31 bits per heavy atom. The number of hydrogen-bond donors (Lipinski definition) is 0. The van der Waals surface area contributed by atoms with Gasteiger partial charge in [0.15, 0.2) is 0 Å². The molecule has 0 bridgehead atoms. The molecule has 0 aliphatic heterocycles. The smallest absolute Gasteiger partial charge is 0.366 e. The average Bonchev–Trinajstić information content (AvgIpc) is 2.15. The van der Waals surface area contributed by atoms with Gasteiger partial charge in [0, 0.05) is 4.90 Å². The molecule has 0 aliphatic carbocycles. The van der Waals surface area contributed by atoms with Crippen molar-refractivity contribution >= 4 is 11.8 Å². The van der Waals surface area contributed by atoms with Crippen molar-refractivity contribution in [3.63, 3.8) is 0 Å². The molecule has 1 aromatic rings. The van der Waals surface area contributed by atoms with Crippen LogP contribution < -0.4 is 18.9 Å². The molecule has 2 heteroatoms. The molecule has 0 nitrogen and oxygen atoms in total. The third-order valence-electron chi connectivity index (χ3n) is 1.47. The molecular weight excluding hydrogens is 171 g/mol. The molecule has 0 radical (unpaired) electrons. The first-order chi connectivity index (χ1) is 5.86.